The number of rotatable bonds is 22. The molecule has 0 aromatic heterocycles. The monoisotopic (exact) mass is 793 g/mol. The molecule has 2 aliphatic heterocycles. The Morgan fingerprint density at radius 3 is 2.09 bits per heavy atom. The van der Waals surface area contributed by atoms with Gasteiger partial charge in [0.1, 0.15) is 11.5 Å². The molecule has 3 N–H and O–H groups in total. The molecule has 2 heterocycles. The van der Waals surface area contributed by atoms with E-state index in [1.165, 1.54) is 70.6 Å². The van der Waals surface area contributed by atoms with Gasteiger partial charge in [0, 0.05) is 30.9 Å². The highest BCUT2D eigenvalue weighted by molar-refractivity contribution is 5.87. The first-order valence-electron chi connectivity index (χ1n) is 20.8. The highest BCUT2D eigenvalue weighted by Crippen LogP contribution is 2.65. The number of alkyl halides is 3. The molecule has 1 spiro atoms. The highest BCUT2D eigenvalue weighted by atomic mass is 19.4. The van der Waals surface area contributed by atoms with Crippen LogP contribution in [0, 0.1) is 5.92 Å². The van der Waals surface area contributed by atoms with Crippen LogP contribution in [0.2, 0.25) is 0 Å². The number of likely N-dealkylation sites (N-methyl/N-ethyl adjacent to an activating group) is 1. The summed E-state index contributed by atoms with van der Waals surface area (Å²) in [6.07, 6.45) is 15.5. The summed E-state index contributed by atoms with van der Waals surface area (Å²) < 4.78 is 43.6. The number of nitrogens with zero attached hydrogens (tertiary/aromatic N) is 1. The number of ketones is 1. The van der Waals surface area contributed by atoms with E-state index in [1.54, 1.807) is 12.1 Å². The van der Waals surface area contributed by atoms with Crippen LogP contribution in [-0.4, -0.2) is 81.7 Å². The first-order valence-corrected chi connectivity index (χ1v) is 20.8. The molecule has 1 fully saturated rings. The zero-order chi connectivity index (χ0) is 40.9. The van der Waals surface area contributed by atoms with Crippen LogP contribution in [0.1, 0.15) is 153 Å². The third kappa shape index (κ3) is 11.1. The Morgan fingerprint density at radius 1 is 0.964 bits per heavy atom. The minimum atomic E-state index is -4.64. The summed E-state index contributed by atoms with van der Waals surface area (Å²) in [5.74, 6) is -2.68. The van der Waals surface area contributed by atoms with Crippen molar-refractivity contribution in [2.45, 2.75) is 178 Å². The van der Waals surface area contributed by atoms with Crippen LogP contribution < -0.4 is 4.74 Å². The first kappa shape index (κ1) is 45.3. The quantitative estimate of drug-likeness (QED) is 0.0591. The van der Waals surface area contributed by atoms with Crippen molar-refractivity contribution in [2.75, 3.05) is 13.6 Å². The van der Waals surface area contributed by atoms with Crippen molar-refractivity contribution >= 4 is 24.0 Å². The highest BCUT2D eigenvalue weighted by Gasteiger charge is 2.71. The lowest BCUT2D eigenvalue weighted by Gasteiger charge is -2.56. The van der Waals surface area contributed by atoms with Crippen LogP contribution in [0.15, 0.2) is 24.0 Å². The predicted octanol–water partition coefficient (Wildman–Crippen LogP) is 8.66. The van der Waals surface area contributed by atoms with Crippen LogP contribution in [0.25, 0.3) is 0 Å². The number of aldehydes is 1. The van der Waals surface area contributed by atoms with E-state index < -0.39 is 53.9 Å². The summed E-state index contributed by atoms with van der Waals surface area (Å²) in [7, 11) is 2.02. The molecule has 0 unspecified atom stereocenters. The van der Waals surface area contributed by atoms with Crippen molar-refractivity contribution in [1.82, 2.24) is 4.90 Å². The normalized spacial score (nSPS) is 24.1. The molecular weight excluding hydrogens is 731 g/mol. The largest absolute Gasteiger partial charge is 0.504 e. The number of likely N-dealkylation sites (tertiary alicyclic amines) is 1. The number of esters is 1. The van der Waals surface area contributed by atoms with Gasteiger partial charge in [-0.15, -0.1) is 0 Å². The maximum Gasteiger partial charge on any atom is 0.446 e. The van der Waals surface area contributed by atoms with Crippen molar-refractivity contribution in [3.8, 4) is 11.5 Å². The van der Waals surface area contributed by atoms with E-state index >= 15 is 0 Å². The molecule has 10 nitrogen and oxygen atoms in total. The molecule has 13 heteroatoms. The van der Waals surface area contributed by atoms with Gasteiger partial charge in [-0.3, -0.25) is 19.2 Å². The maximum absolute atomic E-state index is 13.6. The van der Waals surface area contributed by atoms with Gasteiger partial charge in [-0.05, 0) is 57.0 Å². The number of aromatic hydroxyl groups is 1. The number of carboxylic acids is 1. The van der Waals surface area contributed by atoms with E-state index in [-0.39, 0.29) is 36.2 Å². The Morgan fingerprint density at radius 2 is 1.54 bits per heavy atom. The number of benzene rings is 1. The lowest BCUT2D eigenvalue weighted by molar-refractivity contribution is -0.157. The fourth-order valence-electron chi connectivity index (χ4n) is 9.41. The number of ether oxygens (including phenoxy) is 2. The second-order valence-electron chi connectivity index (χ2n) is 16.3. The zero-order valence-electron chi connectivity index (χ0n) is 33.2. The summed E-state index contributed by atoms with van der Waals surface area (Å²) in [6, 6.07) is 3.32. The number of carbonyl (C=O) groups excluding carboxylic acids is 3. The SMILES string of the molecule is CCCCCCCCCCCCCCCCCC(=O)C[C@@H](CC(=O)O)C(=O)OC1=CC[C@@]2(O)[C@H]3Cc4ccc(O)c5c4[C@@]2(CCCN3C)[C@H]1O5.O=CC(F)(F)F. The van der Waals surface area contributed by atoms with Gasteiger partial charge in [0.25, 0.3) is 0 Å². The van der Waals surface area contributed by atoms with E-state index in [0.29, 0.717) is 25.0 Å². The molecule has 1 aromatic rings. The number of halogens is 3. The Kier molecular flexibility index (Phi) is 16.8. The van der Waals surface area contributed by atoms with E-state index in [4.69, 9.17) is 14.3 Å². The number of hydrogen-bond acceptors (Lipinski definition) is 9. The van der Waals surface area contributed by atoms with E-state index in [9.17, 15) is 42.9 Å². The van der Waals surface area contributed by atoms with Crippen LogP contribution in [-0.2, 0) is 35.8 Å². The molecule has 0 radical (unpaired) electrons. The van der Waals surface area contributed by atoms with Crippen molar-refractivity contribution in [3.05, 3.63) is 35.1 Å². The number of aliphatic hydroxyl groups is 1. The molecule has 56 heavy (non-hydrogen) atoms. The molecule has 1 saturated heterocycles. The molecule has 2 aliphatic carbocycles. The predicted molar refractivity (Wildman–Crippen MR) is 204 cm³/mol. The minimum absolute atomic E-state index is 0.0234. The zero-order valence-corrected chi connectivity index (χ0v) is 33.2. The summed E-state index contributed by atoms with van der Waals surface area (Å²) in [6.45, 7) is 3.04. The molecule has 0 amide bonds. The average Bonchev–Trinajstić information content (AvgIpc) is 3.49. The first-order chi connectivity index (χ1) is 26.7. The Balaban J connectivity index is 0.00000107. The van der Waals surface area contributed by atoms with Crippen LogP contribution in [0.3, 0.4) is 0 Å². The molecule has 4 aliphatic rings. The fourth-order valence-corrected chi connectivity index (χ4v) is 9.41. The number of aliphatic carboxylic acids is 1. The third-order valence-electron chi connectivity index (χ3n) is 12.2. The van der Waals surface area contributed by atoms with Gasteiger partial charge in [0.05, 0.1) is 23.4 Å². The van der Waals surface area contributed by atoms with Crippen molar-refractivity contribution in [3.63, 3.8) is 0 Å². The lowest BCUT2D eigenvalue weighted by Crippen LogP contribution is -2.69. The Bertz CT molecular complexity index is 1530. The third-order valence-corrected chi connectivity index (χ3v) is 12.2. The lowest BCUT2D eigenvalue weighted by atomic mass is 9.52. The second kappa shape index (κ2) is 20.8. The Hall–Kier alpha value is -3.45. The number of carboxylic acid groups (broad SMARTS) is 1. The van der Waals surface area contributed by atoms with Gasteiger partial charge in [-0.1, -0.05) is 103 Å². The van der Waals surface area contributed by atoms with Crippen LogP contribution >= 0.6 is 0 Å². The van der Waals surface area contributed by atoms with E-state index in [2.05, 4.69) is 11.8 Å². The number of Topliss-reactive ketones (excluding diaryl/α,β-unsaturated/α-hetero) is 1. The molecular formula is C43H62F3NO9. The summed E-state index contributed by atoms with van der Waals surface area (Å²) >= 11 is 0. The van der Waals surface area contributed by atoms with Crippen LogP contribution in [0.4, 0.5) is 13.2 Å². The number of phenolic OH excluding ortho intramolecular Hbond substituents is 1. The van der Waals surface area contributed by atoms with Gasteiger partial charge >= 0.3 is 18.1 Å². The van der Waals surface area contributed by atoms with Gasteiger partial charge in [0.15, 0.2) is 17.6 Å². The van der Waals surface area contributed by atoms with Crippen molar-refractivity contribution in [2.24, 2.45) is 5.92 Å². The molecule has 1 aromatic carbocycles. The number of hydrogen-bond donors (Lipinski definition) is 3. The second-order valence-corrected chi connectivity index (χ2v) is 16.3. The summed E-state index contributed by atoms with van der Waals surface area (Å²) in [4.78, 5) is 49.2. The van der Waals surface area contributed by atoms with E-state index in [1.807, 2.05) is 13.1 Å². The molecule has 314 valence electrons. The molecule has 5 atom stereocenters. The number of unbranched alkanes of at least 4 members (excludes halogenated alkanes) is 14. The maximum atomic E-state index is 13.6. The topological polar surface area (TPSA) is 151 Å². The molecule has 5 rings (SSSR count). The van der Waals surface area contributed by atoms with E-state index in [0.717, 1.165) is 49.8 Å². The minimum Gasteiger partial charge on any atom is -0.504 e. The van der Waals surface area contributed by atoms with Gasteiger partial charge < -0.3 is 29.7 Å². The van der Waals surface area contributed by atoms with Gasteiger partial charge in [0.2, 0.25) is 6.29 Å². The van der Waals surface area contributed by atoms with Crippen molar-refractivity contribution < 1.29 is 57.1 Å². The van der Waals surface area contributed by atoms with Gasteiger partial charge in [-0.25, -0.2) is 0 Å². The molecule has 0 saturated carbocycles. The smallest absolute Gasteiger partial charge is 0.446 e. The summed E-state index contributed by atoms with van der Waals surface area (Å²) in [5.41, 5.74) is -0.349. The fraction of sp³-hybridized carbons (Fsp3) is 0.721. The number of phenols is 1. The molecule has 2 bridgehead atoms. The van der Waals surface area contributed by atoms with Crippen LogP contribution in [0.5, 0.6) is 11.5 Å². The van der Waals surface area contributed by atoms with Crippen molar-refractivity contribution in [1.29, 1.82) is 0 Å². The average molecular weight is 794 g/mol. The van der Waals surface area contributed by atoms with Gasteiger partial charge in [-0.2, -0.15) is 13.2 Å². The Labute approximate surface area is 329 Å². The summed E-state index contributed by atoms with van der Waals surface area (Å²) in [5, 5.41) is 32.9. The standard InChI is InChI=1S/C41H61NO8.C2HF3O/c1-3-4-5-6-7-8-9-10-11-12-13-14-15-16-17-19-31(43)26-30(28-35(45)46)39(47)49-33-22-24-41(48)34-27-29-20-21-32(44)37-36(29)40(41,38(33)50-37)23-18-25-42(34)2;3-2(4,5)1-6/h20-22,30,34,38,44,48H,3-19,23-28H2,1-2H3,(H,45,46);1H/t30-,34+,38-,40-,41+;/m0./s1. The number of carbonyl (C=O) groups is 4.